The Bertz CT molecular complexity index is 422. The van der Waals surface area contributed by atoms with Gasteiger partial charge in [-0.25, -0.2) is 8.42 Å². The predicted octanol–water partition coefficient (Wildman–Crippen LogP) is 2.68. The molecule has 0 saturated carbocycles. The van der Waals surface area contributed by atoms with Gasteiger partial charge in [0.1, 0.15) is 0 Å². The lowest BCUT2D eigenvalue weighted by Crippen LogP contribution is -2.27. The van der Waals surface area contributed by atoms with Gasteiger partial charge in [0.2, 0.25) is 0 Å². The minimum absolute atomic E-state index is 0.134. The van der Waals surface area contributed by atoms with E-state index in [1.165, 1.54) is 24.3 Å². The van der Waals surface area contributed by atoms with Crippen LogP contribution in [0.4, 0.5) is 13.2 Å². The summed E-state index contributed by atoms with van der Waals surface area (Å²) in [5.74, 6) is 0. The number of halogens is 3. The number of rotatable bonds is 2. The van der Waals surface area contributed by atoms with E-state index in [9.17, 15) is 21.6 Å². The Hall–Kier alpha value is -1.04. The fraction of sp³-hybridized carbons (Fsp3) is 0.333. The lowest BCUT2D eigenvalue weighted by Gasteiger charge is -2.15. The predicted molar refractivity (Wildman–Crippen MR) is 49.8 cm³/mol. The van der Waals surface area contributed by atoms with Crippen LogP contribution in [0.1, 0.15) is 17.7 Å². The van der Waals surface area contributed by atoms with E-state index >= 15 is 0 Å². The van der Waals surface area contributed by atoms with Crippen LogP contribution in [0.5, 0.6) is 0 Å². The molecule has 0 aromatic heterocycles. The van der Waals surface area contributed by atoms with Crippen molar-refractivity contribution in [2.24, 2.45) is 0 Å². The summed E-state index contributed by atoms with van der Waals surface area (Å²) in [4.78, 5) is 0. The molecule has 1 aromatic carbocycles. The molecule has 15 heavy (non-hydrogen) atoms. The van der Waals surface area contributed by atoms with Crippen molar-refractivity contribution in [3.63, 3.8) is 0 Å². The van der Waals surface area contributed by atoms with Crippen LogP contribution in [0.2, 0.25) is 0 Å². The first-order valence-corrected chi connectivity index (χ1v) is 5.66. The maximum Gasteiger partial charge on any atom is 0.497 e. The summed E-state index contributed by atoms with van der Waals surface area (Å²) >= 11 is 0. The zero-order valence-electron chi connectivity index (χ0n) is 7.82. The summed E-state index contributed by atoms with van der Waals surface area (Å²) in [5, 5.41) is -1.57. The number of benzene rings is 1. The molecular formula is C9H9F3O2S. The van der Waals surface area contributed by atoms with Gasteiger partial charge in [0.05, 0.1) is 5.25 Å². The second kappa shape index (κ2) is 3.84. The molecule has 0 radical (unpaired) electrons. The summed E-state index contributed by atoms with van der Waals surface area (Å²) in [7, 11) is -5.13. The van der Waals surface area contributed by atoms with Crippen LogP contribution in [-0.4, -0.2) is 13.9 Å². The molecule has 0 spiro atoms. The molecule has 0 saturated heterocycles. The lowest BCUT2D eigenvalue weighted by molar-refractivity contribution is -0.0443. The van der Waals surface area contributed by atoms with Crippen molar-refractivity contribution in [3.8, 4) is 0 Å². The molecule has 84 valence electrons. The maximum absolute atomic E-state index is 12.2. The minimum Gasteiger partial charge on any atom is -0.219 e. The van der Waals surface area contributed by atoms with Crippen molar-refractivity contribution in [1.82, 2.24) is 0 Å². The summed E-state index contributed by atoms with van der Waals surface area (Å²) < 4.78 is 58.6. The first-order chi connectivity index (χ1) is 6.77. The SMILES string of the molecule is CC(c1ccccc1)S(=O)(=O)C(F)(F)F. The zero-order chi connectivity index (χ0) is 11.7. The Morgan fingerprint density at radius 1 is 1.13 bits per heavy atom. The average Bonchev–Trinajstić information content (AvgIpc) is 2.16. The van der Waals surface area contributed by atoms with Gasteiger partial charge in [0, 0.05) is 0 Å². The molecule has 0 bridgehead atoms. The van der Waals surface area contributed by atoms with E-state index in [0.717, 1.165) is 6.92 Å². The van der Waals surface area contributed by atoms with Crippen molar-refractivity contribution in [2.45, 2.75) is 17.7 Å². The molecule has 0 heterocycles. The summed E-state index contributed by atoms with van der Waals surface area (Å²) in [5.41, 5.74) is -5.07. The minimum atomic E-state index is -5.21. The summed E-state index contributed by atoms with van der Waals surface area (Å²) in [6, 6.07) is 7.31. The second-order valence-electron chi connectivity index (χ2n) is 3.04. The average molecular weight is 238 g/mol. The third kappa shape index (κ3) is 2.31. The highest BCUT2D eigenvalue weighted by Gasteiger charge is 2.49. The summed E-state index contributed by atoms with van der Waals surface area (Å²) in [6.07, 6.45) is 0. The highest BCUT2D eigenvalue weighted by molar-refractivity contribution is 7.92. The number of hydrogen-bond acceptors (Lipinski definition) is 2. The molecule has 0 fully saturated rings. The monoisotopic (exact) mass is 238 g/mol. The van der Waals surface area contributed by atoms with E-state index in [1.54, 1.807) is 6.07 Å². The van der Waals surface area contributed by atoms with Gasteiger partial charge >= 0.3 is 5.51 Å². The van der Waals surface area contributed by atoms with Crippen LogP contribution in [-0.2, 0) is 9.84 Å². The van der Waals surface area contributed by atoms with Crippen LogP contribution >= 0.6 is 0 Å². The highest BCUT2D eigenvalue weighted by Crippen LogP contribution is 2.34. The quantitative estimate of drug-likeness (QED) is 0.793. The van der Waals surface area contributed by atoms with Gasteiger partial charge in [0.25, 0.3) is 9.84 Å². The standard InChI is InChI=1S/C9H9F3O2S/c1-7(8-5-3-2-4-6-8)15(13,14)9(10,11)12/h2-7H,1H3. The number of sulfone groups is 1. The second-order valence-corrected chi connectivity index (χ2v) is 5.30. The highest BCUT2D eigenvalue weighted by atomic mass is 32.2. The maximum atomic E-state index is 12.2. The molecule has 0 N–H and O–H groups in total. The Morgan fingerprint density at radius 2 is 1.60 bits per heavy atom. The van der Waals surface area contributed by atoms with Gasteiger partial charge < -0.3 is 0 Å². The number of hydrogen-bond donors (Lipinski definition) is 0. The molecule has 0 aliphatic heterocycles. The fourth-order valence-electron chi connectivity index (χ4n) is 1.10. The van der Waals surface area contributed by atoms with E-state index in [4.69, 9.17) is 0 Å². The van der Waals surface area contributed by atoms with Crippen LogP contribution < -0.4 is 0 Å². The van der Waals surface area contributed by atoms with E-state index in [2.05, 4.69) is 0 Å². The van der Waals surface area contributed by atoms with Crippen molar-refractivity contribution in [1.29, 1.82) is 0 Å². The molecule has 1 unspecified atom stereocenters. The van der Waals surface area contributed by atoms with E-state index in [0.29, 0.717) is 0 Å². The van der Waals surface area contributed by atoms with Crippen LogP contribution in [0, 0.1) is 0 Å². The van der Waals surface area contributed by atoms with Crippen LogP contribution in [0.3, 0.4) is 0 Å². The van der Waals surface area contributed by atoms with Gasteiger partial charge in [-0.05, 0) is 12.5 Å². The molecule has 2 nitrogen and oxygen atoms in total. The first kappa shape index (κ1) is 12.0. The molecule has 0 amide bonds. The van der Waals surface area contributed by atoms with Gasteiger partial charge in [-0.15, -0.1) is 0 Å². The Balaban J connectivity index is 3.12. The Morgan fingerprint density at radius 3 is 2.00 bits per heavy atom. The largest absolute Gasteiger partial charge is 0.497 e. The van der Waals surface area contributed by atoms with Crippen molar-refractivity contribution in [3.05, 3.63) is 35.9 Å². The molecule has 6 heteroatoms. The molecule has 1 rings (SSSR count). The van der Waals surface area contributed by atoms with E-state index in [1.807, 2.05) is 0 Å². The zero-order valence-corrected chi connectivity index (χ0v) is 8.64. The molecule has 1 aromatic rings. The smallest absolute Gasteiger partial charge is 0.219 e. The van der Waals surface area contributed by atoms with Crippen molar-refractivity contribution >= 4 is 9.84 Å². The first-order valence-electron chi connectivity index (χ1n) is 4.12. The van der Waals surface area contributed by atoms with E-state index in [-0.39, 0.29) is 5.56 Å². The van der Waals surface area contributed by atoms with Crippen LogP contribution in [0.15, 0.2) is 30.3 Å². The van der Waals surface area contributed by atoms with Crippen molar-refractivity contribution in [2.75, 3.05) is 0 Å². The normalized spacial score (nSPS) is 14.9. The Labute approximate surface area is 85.6 Å². The van der Waals surface area contributed by atoms with Gasteiger partial charge in [-0.3, -0.25) is 0 Å². The topological polar surface area (TPSA) is 34.1 Å². The molecular weight excluding hydrogens is 229 g/mol. The van der Waals surface area contributed by atoms with Gasteiger partial charge in [0.15, 0.2) is 0 Å². The number of alkyl halides is 3. The van der Waals surface area contributed by atoms with E-state index < -0.39 is 20.6 Å². The Kier molecular flexibility index (Phi) is 3.08. The van der Waals surface area contributed by atoms with Gasteiger partial charge in [-0.1, -0.05) is 30.3 Å². The lowest BCUT2D eigenvalue weighted by atomic mass is 10.2. The van der Waals surface area contributed by atoms with Crippen LogP contribution in [0.25, 0.3) is 0 Å². The fourth-order valence-corrected chi connectivity index (χ4v) is 2.02. The molecule has 1 atom stereocenters. The molecule has 0 aliphatic carbocycles. The van der Waals surface area contributed by atoms with Gasteiger partial charge in [-0.2, -0.15) is 13.2 Å². The third-order valence-electron chi connectivity index (χ3n) is 2.06. The summed E-state index contributed by atoms with van der Waals surface area (Å²) in [6.45, 7) is 1.03. The third-order valence-corrected chi connectivity index (χ3v) is 3.91. The molecule has 0 aliphatic rings. The van der Waals surface area contributed by atoms with Crippen molar-refractivity contribution < 1.29 is 21.6 Å².